The molecule has 11 heteroatoms. The van der Waals surface area contributed by atoms with Crippen LogP contribution in [0.4, 0.5) is 5.95 Å². The second-order valence-electron chi connectivity index (χ2n) is 6.17. The summed E-state index contributed by atoms with van der Waals surface area (Å²) in [6.07, 6.45) is 4.78. The molecular weight excluding hydrogens is 447 g/mol. The molecule has 0 aliphatic heterocycles. The van der Waals surface area contributed by atoms with Crippen molar-refractivity contribution in [1.82, 2.24) is 25.5 Å². The molecule has 3 aromatic rings. The van der Waals surface area contributed by atoms with Crippen LogP contribution in [-0.2, 0) is 11.3 Å². The SMILES string of the molecule is CCCCn1nnc(NC(=S)NC(=O)C=Cc2ccc(-c3ccc(Cl)cc3Cl)o2)n1. The van der Waals surface area contributed by atoms with Crippen molar-refractivity contribution in [3.63, 3.8) is 0 Å². The Hall–Kier alpha value is -2.75. The number of halogens is 2. The predicted molar refractivity (Wildman–Crippen MR) is 120 cm³/mol. The number of aryl methyl sites for hydroxylation is 1. The third-order valence-electron chi connectivity index (χ3n) is 3.85. The van der Waals surface area contributed by atoms with Crippen LogP contribution in [0.5, 0.6) is 0 Å². The van der Waals surface area contributed by atoms with E-state index in [1.54, 1.807) is 30.3 Å². The van der Waals surface area contributed by atoms with Crippen LogP contribution in [-0.4, -0.2) is 31.2 Å². The van der Waals surface area contributed by atoms with Crippen LogP contribution in [0.15, 0.2) is 40.8 Å². The predicted octanol–water partition coefficient (Wildman–Crippen LogP) is 4.57. The van der Waals surface area contributed by atoms with E-state index in [0.717, 1.165) is 12.8 Å². The van der Waals surface area contributed by atoms with Gasteiger partial charge in [0.05, 0.1) is 11.6 Å². The number of aromatic nitrogens is 4. The Morgan fingerprint density at radius 2 is 2.13 bits per heavy atom. The summed E-state index contributed by atoms with van der Waals surface area (Å²) in [7, 11) is 0. The zero-order valence-corrected chi connectivity index (χ0v) is 18.3. The van der Waals surface area contributed by atoms with Gasteiger partial charge in [-0.1, -0.05) is 41.6 Å². The van der Waals surface area contributed by atoms with Crippen LogP contribution in [0.2, 0.25) is 10.0 Å². The zero-order valence-electron chi connectivity index (χ0n) is 15.9. The first-order valence-electron chi connectivity index (χ1n) is 9.07. The minimum Gasteiger partial charge on any atom is -0.457 e. The van der Waals surface area contributed by atoms with Gasteiger partial charge in [0.25, 0.3) is 5.95 Å². The molecule has 3 rings (SSSR count). The van der Waals surface area contributed by atoms with E-state index in [2.05, 4.69) is 33.0 Å². The van der Waals surface area contributed by atoms with Crippen molar-refractivity contribution in [3.8, 4) is 11.3 Å². The number of carbonyl (C=O) groups excluding carboxylic acids is 1. The number of thiocarbonyl (C=S) groups is 1. The summed E-state index contributed by atoms with van der Waals surface area (Å²) in [5.41, 5.74) is 0.704. The summed E-state index contributed by atoms with van der Waals surface area (Å²) in [5.74, 6) is 0.820. The first-order chi connectivity index (χ1) is 14.4. The summed E-state index contributed by atoms with van der Waals surface area (Å²) >= 11 is 17.2. The Labute approximate surface area is 188 Å². The van der Waals surface area contributed by atoms with Gasteiger partial charge in [-0.25, -0.2) is 0 Å². The average molecular weight is 465 g/mol. The van der Waals surface area contributed by atoms with Crippen LogP contribution >= 0.6 is 35.4 Å². The number of nitrogens with zero attached hydrogens (tertiary/aromatic N) is 4. The summed E-state index contributed by atoms with van der Waals surface area (Å²) in [6.45, 7) is 2.74. The first-order valence-corrected chi connectivity index (χ1v) is 10.2. The largest absolute Gasteiger partial charge is 0.457 e. The van der Waals surface area contributed by atoms with Gasteiger partial charge in [-0.2, -0.15) is 4.80 Å². The maximum absolute atomic E-state index is 12.1. The number of amides is 1. The number of hydrogen-bond donors (Lipinski definition) is 2. The van der Waals surface area contributed by atoms with Crippen LogP contribution in [0.25, 0.3) is 17.4 Å². The van der Waals surface area contributed by atoms with Crippen LogP contribution in [0, 0.1) is 0 Å². The monoisotopic (exact) mass is 464 g/mol. The molecule has 0 fully saturated rings. The van der Waals surface area contributed by atoms with E-state index in [1.807, 2.05) is 0 Å². The second kappa shape index (κ2) is 10.3. The maximum atomic E-state index is 12.1. The van der Waals surface area contributed by atoms with Crippen molar-refractivity contribution in [2.45, 2.75) is 26.3 Å². The number of benzene rings is 1. The van der Waals surface area contributed by atoms with Gasteiger partial charge in [0.15, 0.2) is 5.11 Å². The number of carbonyl (C=O) groups is 1. The molecule has 0 atom stereocenters. The van der Waals surface area contributed by atoms with Crippen molar-refractivity contribution in [1.29, 1.82) is 0 Å². The number of unbranched alkanes of at least 4 members (excludes halogenated alkanes) is 1. The number of nitrogens with one attached hydrogen (secondary N) is 2. The van der Waals surface area contributed by atoms with Gasteiger partial charge in [-0.3, -0.25) is 15.4 Å². The highest BCUT2D eigenvalue weighted by Crippen LogP contribution is 2.31. The lowest BCUT2D eigenvalue weighted by Crippen LogP contribution is -2.33. The Morgan fingerprint density at radius 3 is 2.90 bits per heavy atom. The molecule has 1 aromatic carbocycles. The fourth-order valence-corrected chi connectivity index (χ4v) is 3.10. The minimum atomic E-state index is -0.437. The minimum absolute atomic E-state index is 0.0628. The molecule has 8 nitrogen and oxygen atoms in total. The van der Waals surface area contributed by atoms with Crippen molar-refractivity contribution in [2.75, 3.05) is 5.32 Å². The lowest BCUT2D eigenvalue weighted by atomic mass is 10.2. The van der Waals surface area contributed by atoms with E-state index in [4.69, 9.17) is 39.8 Å². The van der Waals surface area contributed by atoms with E-state index in [0.29, 0.717) is 33.7 Å². The lowest BCUT2D eigenvalue weighted by Gasteiger charge is -2.03. The van der Waals surface area contributed by atoms with E-state index < -0.39 is 5.91 Å². The topological polar surface area (TPSA) is 97.9 Å². The van der Waals surface area contributed by atoms with E-state index in [-0.39, 0.29) is 11.1 Å². The van der Waals surface area contributed by atoms with Gasteiger partial charge in [-0.15, -0.1) is 5.10 Å². The molecule has 156 valence electrons. The average Bonchev–Trinajstić information content (AvgIpc) is 3.34. The number of anilines is 1. The number of hydrogen-bond acceptors (Lipinski definition) is 6. The molecule has 2 N–H and O–H groups in total. The Morgan fingerprint density at radius 1 is 1.30 bits per heavy atom. The second-order valence-corrected chi connectivity index (χ2v) is 7.42. The molecule has 0 spiro atoms. The molecule has 1 amide bonds. The number of tetrazole rings is 1. The Balaban J connectivity index is 1.54. The first kappa shape index (κ1) is 21.9. The number of furan rings is 1. The molecule has 0 saturated carbocycles. The quantitative estimate of drug-likeness (QED) is 0.390. The van der Waals surface area contributed by atoms with Crippen molar-refractivity contribution in [2.24, 2.45) is 0 Å². The smallest absolute Gasteiger partial charge is 0.269 e. The molecule has 30 heavy (non-hydrogen) atoms. The molecule has 0 aliphatic rings. The van der Waals surface area contributed by atoms with Gasteiger partial charge >= 0.3 is 0 Å². The van der Waals surface area contributed by atoms with Crippen LogP contribution in [0.3, 0.4) is 0 Å². The Bertz CT molecular complexity index is 1080. The Kier molecular flexibility index (Phi) is 7.56. The summed E-state index contributed by atoms with van der Waals surface area (Å²) < 4.78 is 5.70. The molecule has 0 bridgehead atoms. The molecule has 2 aromatic heterocycles. The normalized spacial score (nSPS) is 11.0. The van der Waals surface area contributed by atoms with Gasteiger partial charge in [0.1, 0.15) is 11.5 Å². The molecule has 0 aliphatic carbocycles. The highest BCUT2D eigenvalue weighted by molar-refractivity contribution is 7.80. The van der Waals surface area contributed by atoms with Crippen LogP contribution < -0.4 is 10.6 Å². The van der Waals surface area contributed by atoms with Crippen molar-refractivity contribution < 1.29 is 9.21 Å². The van der Waals surface area contributed by atoms with Gasteiger partial charge in [0.2, 0.25) is 5.91 Å². The third kappa shape index (κ3) is 6.12. The third-order valence-corrected chi connectivity index (χ3v) is 4.60. The fourth-order valence-electron chi connectivity index (χ4n) is 2.41. The molecule has 0 radical (unpaired) electrons. The van der Waals surface area contributed by atoms with E-state index in [1.165, 1.54) is 16.9 Å². The standard InChI is InChI=1S/C19H18Cl2N6O2S/c1-2-3-10-27-25-18(24-26-27)23-19(30)22-17(28)9-6-13-5-8-16(29-13)14-7-4-12(20)11-15(14)21/h4-9,11H,2-3,10H2,1H3,(H2,22,23,25,28,30). The van der Waals surface area contributed by atoms with E-state index >= 15 is 0 Å². The zero-order chi connectivity index (χ0) is 21.5. The maximum Gasteiger partial charge on any atom is 0.269 e. The molecule has 2 heterocycles. The highest BCUT2D eigenvalue weighted by Gasteiger charge is 2.09. The molecule has 0 saturated heterocycles. The van der Waals surface area contributed by atoms with Crippen molar-refractivity contribution in [3.05, 3.63) is 52.2 Å². The van der Waals surface area contributed by atoms with Gasteiger partial charge in [-0.05, 0) is 60.3 Å². The van der Waals surface area contributed by atoms with E-state index in [9.17, 15) is 4.79 Å². The number of rotatable bonds is 7. The fraction of sp³-hybridized carbons (Fsp3) is 0.211. The lowest BCUT2D eigenvalue weighted by molar-refractivity contribution is -0.115. The highest BCUT2D eigenvalue weighted by atomic mass is 35.5. The molecule has 0 unspecified atom stereocenters. The molecular formula is C19H18Cl2N6O2S. The summed E-state index contributed by atoms with van der Waals surface area (Å²) in [5, 5.41) is 18.2. The van der Waals surface area contributed by atoms with Gasteiger partial charge < -0.3 is 4.42 Å². The van der Waals surface area contributed by atoms with Crippen molar-refractivity contribution >= 4 is 58.5 Å². The summed E-state index contributed by atoms with van der Waals surface area (Å²) in [4.78, 5) is 13.5. The van der Waals surface area contributed by atoms with Gasteiger partial charge in [0, 0.05) is 16.7 Å². The van der Waals surface area contributed by atoms with Crippen LogP contribution in [0.1, 0.15) is 25.5 Å². The summed E-state index contributed by atoms with van der Waals surface area (Å²) in [6, 6.07) is 8.60.